The van der Waals surface area contributed by atoms with Gasteiger partial charge in [0.1, 0.15) is 5.78 Å². The fourth-order valence-electron chi connectivity index (χ4n) is 2.16. The summed E-state index contributed by atoms with van der Waals surface area (Å²) in [5.74, 6) is 0.966. The number of rotatable bonds is 3. The summed E-state index contributed by atoms with van der Waals surface area (Å²) in [6.07, 6.45) is 10.7. The van der Waals surface area contributed by atoms with Crippen molar-refractivity contribution in [1.82, 2.24) is 0 Å². The second-order valence-electron chi connectivity index (χ2n) is 4.26. The molecule has 0 saturated heterocycles. The summed E-state index contributed by atoms with van der Waals surface area (Å²) in [6.45, 7) is 2.20. The molecule has 0 aromatic heterocycles. The quantitative estimate of drug-likeness (QED) is 0.650. The van der Waals surface area contributed by atoms with Gasteiger partial charge in [-0.1, -0.05) is 39.0 Å². The maximum absolute atomic E-state index is 11.7. The standard InChI is InChI=1S/C12H22O/c1-2-3-8-11-9-6-4-5-7-10-12(11)13/h11H,2-10H2,1H3. The monoisotopic (exact) mass is 182 g/mol. The predicted octanol–water partition coefficient (Wildman–Crippen LogP) is 3.72. The lowest BCUT2D eigenvalue weighted by molar-refractivity contribution is -0.123. The van der Waals surface area contributed by atoms with E-state index in [1.807, 2.05) is 0 Å². The Morgan fingerprint density at radius 2 is 2.00 bits per heavy atom. The van der Waals surface area contributed by atoms with Gasteiger partial charge in [0.15, 0.2) is 0 Å². The van der Waals surface area contributed by atoms with Crippen LogP contribution in [0.25, 0.3) is 0 Å². The second-order valence-corrected chi connectivity index (χ2v) is 4.26. The third kappa shape index (κ3) is 3.93. The Morgan fingerprint density at radius 3 is 2.77 bits per heavy atom. The Balaban J connectivity index is 2.32. The molecule has 0 heterocycles. The summed E-state index contributed by atoms with van der Waals surface area (Å²) in [4.78, 5) is 11.7. The van der Waals surface area contributed by atoms with Crippen LogP contribution < -0.4 is 0 Å². The van der Waals surface area contributed by atoms with Gasteiger partial charge in [-0.15, -0.1) is 0 Å². The molecule has 1 saturated carbocycles. The van der Waals surface area contributed by atoms with Crippen molar-refractivity contribution < 1.29 is 4.79 Å². The van der Waals surface area contributed by atoms with Crippen molar-refractivity contribution in [1.29, 1.82) is 0 Å². The van der Waals surface area contributed by atoms with Gasteiger partial charge in [-0.3, -0.25) is 4.79 Å². The maximum atomic E-state index is 11.7. The lowest BCUT2D eigenvalue weighted by atomic mass is 9.87. The van der Waals surface area contributed by atoms with Crippen LogP contribution in [0.1, 0.15) is 64.7 Å². The molecule has 0 bridgehead atoms. The number of hydrogen-bond donors (Lipinski definition) is 0. The van der Waals surface area contributed by atoms with E-state index in [0.717, 1.165) is 19.3 Å². The van der Waals surface area contributed by atoms with Crippen LogP contribution in [0.4, 0.5) is 0 Å². The molecule has 1 heteroatoms. The molecular formula is C12H22O. The minimum absolute atomic E-state index is 0.417. The zero-order valence-electron chi connectivity index (χ0n) is 8.85. The minimum Gasteiger partial charge on any atom is -0.299 e. The summed E-state index contributed by atoms with van der Waals surface area (Å²) < 4.78 is 0. The van der Waals surface area contributed by atoms with E-state index in [4.69, 9.17) is 0 Å². The third-order valence-electron chi connectivity index (χ3n) is 3.09. The highest BCUT2D eigenvalue weighted by molar-refractivity contribution is 5.80. The summed E-state index contributed by atoms with van der Waals surface area (Å²) in [5, 5.41) is 0. The van der Waals surface area contributed by atoms with Crippen molar-refractivity contribution in [3.63, 3.8) is 0 Å². The molecule has 0 radical (unpaired) electrons. The van der Waals surface area contributed by atoms with Gasteiger partial charge >= 0.3 is 0 Å². The van der Waals surface area contributed by atoms with Gasteiger partial charge in [0.25, 0.3) is 0 Å². The highest BCUT2D eigenvalue weighted by Crippen LogP contribution is 2.23. The highest BCUT2D eigenvalue weighted by Gasteiger charge is 2.18. The minimum atomic E-state index is 0.417. The number of ketones is 1. The fourth-order valence-corrected chi connectivity index (χ4v) is 2.16. The van der Waals surface area contributed by atoms with E-state index in [9.17, 15) is 4.79 Å². The summed E-state index contributed by atoms with van der Waals surface area (Å²) >= 11 is 0. The van der Waals surface area contributed by atoms with Crippen LogP contribution >= 0.6 is 0 Å². The summed E-state index contributed by atoms with van der Waals surface area (Å²) in [5.41, 5.74) is 0. The molecule has 1 aliphatic rings. The Kier molecular flexibility index (Phi) is 5.10. The first-order valence-electron chi connectivity index (χ1n) is 5.87. The molecule has 0 spiro atoms. The Morgan fingerprint density at radius 1 is 1.23 bits per heavy atom. The van der Waals surface area contributed by atoms with Crippen LogP contribution in [0, 0.1) is 5.92 Å². The zero-order valence-corrected chi connectivity index (χ0v) is 8.85. The zero-order chi connectivity index (χ0) is 9.52. The van der Waals surface area contributed by atoms with Gasteiger partial charge in [0.05, 0.1) is 0 Å². The van der Waals surface area contributed by atoms with Crippen molar-refractivity contribution in [3.05, 3.63) is 0 Å². The highest BCUT2D eigenvalue weighted by atomic mass is 16.1. The van der Waals surface area contributed by atoms with Crippen molar-refractivity contribution in [2.45, 2.75) is 64.7 Å². The Hall–Kier alpha value is -0.330. The molecule has 1 rings (SSSR count). The van der Waals surface area contributed by atoms with Crippen molar-refractivity contribution in [3.8, 4) is 0 Å². The molecule has 0 amide bonds. The normalized spacial score (nSPS) is 25.3. The van der Waals surface area contributed by atoms with Crippen molar-refractivity contribution in [2.75, 3.05) is 0 Å². The number of hydrogen-bond acceptors (Lipinski definition) is 1. The molecule has 1 aliphatic carbocycles. The van der Waals surface area contributed by atoms with Gasteiger partial charge in [0.2, 0.25) is 0 Å². The number of carbonyl (C=O) groups is 1. The third-order valence-corrected chi connectivity index (χ3v) is 3.09. The Bertz CT molecular complexity index is 149. The van der Waals surface area contributed by atoms with E-state index in [-0.39, 0.29) is 0 Å². The molecule has 76 valence electrons. The molecule has 1 unspecified atom stereocenters. The topological polar surface area (TPSA) is 17.1 Å². The van der Waals surface area contributed by atoms with Gasteiger partial charge in [-0.25, -0.2) is 0 Å². The van der Waals surface area contributed by atoms with Crippen LogP contribution in [0.5, 0.6) is 0 Å². The van der Waals surface area contributed by atoms with Crippen LogP contribution in [0.3, 0.4) is 0 Å². The van der Waals surface area contributed by atoms with Crippen LogP contribution in [-0.4, -0.2) is 5.78 Å². The van der Waals surface area contributed by atoms with E-state index in [0.29, 0.717) is 11.7 Å². The number of unbranched alkanes of at least 4 members (excludes halogenated alkanes) is 1. The van der Waals surface area contributed by atoms with E-state index < -0.39 is 0 Å². The van der Waals surface area contributed by atoms with Gasteiger partial charge < -0.3 is 0 Å². The van der Waals surface area contributed by atoms with Crippen LogP contribution in [0.2, 0.25) is 0 Å². The lowest BCUT2D eigenvalue weighted by Crippen LogP contribution is -2.16. The molecule has 1 fully saturated rings. The summed E-state index contributed by atoms with van der Waals surface area (Å²) in [6, 6.07) is 0. The molecule has 0 N–H and O–H groups in total. The average molecular weight is 182 g/mol. The average Bonchev–Trinajstić information content (AvgIpc) is 2.11. The molecule has 1 atom stereocenters. The smallest absolute Gasteiger partial charge is 0.135 e. The van der Waals surface area contributed by atoms with E-state index in [1.54, 1.807) is 0 Å². The van der Waals surface area contributed by atoms with Gasteiger partial charge in [0, 0.05) is 12.3 Å². The molecular weight excluding hydrogens is 160 g/mol. The van der Waals surface area contributed by atoms with Gasteiger partial charge in [-0.05, 0) is 19.3 Å². The number of carbonyl (C=O) groups excluding carboxylic acids is 1. The first kappa shape index (κ1) is 10.7. The Labute approximate surface area is 81.9 Å². The largest absolute Gasteiger partial charge is 0.299 e. The molecule has 0 aliphatic heterocycles. The second kappa shape index (κ2) is 6.17. The first-order valence-corrected chi connectivity index (χ1v) is 5.87. The van der Waals surface area contributed by atoms with E-state index >= 15 is 0 Å². The summed E-state index contributed by atoms with van der Waals surface area (Å²) in [7, 11) is 0. The van der Waals surface area contributed by atoms with Crippen molar-refractivity contribution >= 4 is 5.78 Å². The SMILES string of the molecule is CCCCC1CCCCCCC1=O. The molecule has 0 aromatic carbocycles. The maximum Gasteiger partial charge on any atom is 0.135 e. The first-order chi connectivity index (χ1) is 6.34. The van der Waals surface area contributed by atoms with Gasteiger partial charge in [-0.2, -0.15) is 0 Å². The van der Waals surface area contributed by atoms with E-state index in [2.05, 4.69) is 6.92 Å². The lowest BCUT2D eigenvalue weighted by Gasteiger charge is -2.17. The molecule has 13 heavy (non-hydrogen) atoms. The molecule has 1 nitrogen and oxygen atoms in total. The molecule has 0 aromatic rings. The predicted molar refractivity (Wildman–Crippen MR) is 55.7 cm³/mol. The number of Topliss-reactive ketones (excluding diaryl/α,β-unsaturated/α-hetero) is 1. The van der Waals surface area contributed by atoms with Crippen molar-refractivity contribution in [2.24, 2.45) is 5.92 Å². The van der Waals surface area contributed by atoms with Crippen LogP contribution in [-0.2, 0) is 4.79 Å². The van der Waals surface area contributed by atoms with E-state index in [1.165, 1.54) is 38.5 Å². The fraction of sp³-hybridized carbons (Fsp3) is 0.917. The van der Waals surface area contributed by atoms with Crippen LogP contribution in [0.15, 0.2) is 0 Å².